The van der Waals surface area contributed by atoms with Crippen molar-refractivity contribution in [2.75, 3.05) is 5.32 Å². The molecular formula is C26H22F2N2O3. The molecule has 33 heavy (non-hydrogen) atoms. The van der Waals surface area contributed by atoms with Crippen LogP contribution in [0.15, 0.2) is 78.5 Å². The van der Waals surface area contributed by atoms with E-state index in [0.29, 0.717) is 17.0 Å². The zero-order valence-electron chi connectivity index (χ0n) is 18.1. The number of imide groups is 1. The van der Waals surface area contributed by atoms with E-state index in [1.54, 1.807) is 30.3 Å². The van der Waals surface area contributed by atoms with Gasteiger partial charge in [-0.05, 0) is 61.9 Å². The Morgan fingerprint density at radius 1 is 0.879 bits per heavy atom. The molecule has 0 spiro atoms. The lowest BCUT2D eigenvalue weighted by Crippen LogP contribution is -2.32. The second-order valence-corrected chi connectivity index (χ2v) is 7.86. The van der Waals surface area contributed by atoms with Gasteiger partial charge in [0.1, 0.15) is 23.1 Å². The van der Waals surface area contributed by atoms with E-state index >= 15 is 0 Å². The van der Waals surface area contributed by atoms with Gasteiger partial charge >= 0.3 is 0 Å². The van der Waals surface area contributed by atoms with E-state index in [1.165, 1.54) is 42.5 Å². The first-order chi connectivity index (χ1) is 15.8. The molecular weight excluding hydrogens is 426 g/mol. The molecule has 1 N–H and O–H groups in total. The van der Waals surface area contributed by atoms with Crippen molar-refractivity contribution in [3.05, 3.63) is 101 Å². The van der Waals surface area contributed by atoms with Gasteiger partial charge in [0.25, 0.3) is 11.8 Å². The molecule has 1 aliphatic rings. The Kier molecular flexibility index (Phi) is 6.22. The van der Waals surface area contributed by atoms with Gasteiger partial charge < -0.3 is 10.1 Å². The first-order valence-electron chi connectivity index (χ1n) is 10.5. The number of rotatable bonds is 7. The van der Waals surface area contributed by atoms with E-state index in [4.69, 9.17) is 4.74 Å². The summed E-state index contributed by atoms with van der Waals surface area (Å²) in [6.07, 6.45) is 0.0116. The third-order valence-corrected chi connectivity index (χ3v) is 5.08. The largest absolute Gasteiger partial charge is 0.491 e. The Morgan fingerprint density at radius 3 is 2.18 bits per heavy atom. The Hall–Kier alpha value is -4.00. The SMILES string of the molecule is CC(C)Oc1ccc(NC2=C(c3ccc(F)cc3)C(=O)N(Cc3ccccc3F)C2=O)cc1. The number of ether oxygens (including phenoxy) is 1. The summed E-state index contributed by atoms with van der Waals surface area (Å²) in [5.74, 6) is -1.49. The number of hydrogen-bond donors (Lipinski definition) is 1. The summed E-state index contributed by atoms with van der Waals surface area (Å²) in [5, 5.41) is 3.02. The lowest BCUT2D eigenvalue weighted by molar-refractivity contribution is -0.137. The van der Waals surface area contributed by atoms with Gasteiger partial charge in [-0.25, -0.2) is 8.78 Å². The van der Waals surface area contributed by atoms with Crippen molar-refractivity contribution in [2.24, 2.45) is 0 Å². The maximum atomic E-state index is 14.2. The van der Waals surface area contributed by atoms with Crippen molar-refractivity contribution >= 4 is 23.1 Å². The maximum Gasteiger partial charge on any atom is 0.278 e. The number of nitrogens with zero attached hydrogens (tertiary/aromatic N) is 1. The second kappa shape index (κ2) is 9.24. The number of benzene rings is 3. The molecule has 1 aliphatic heterocycles. The molecule has 0 aliphatic carbocycles. The van der Waals surface area contributed by atoms with Crippen LogP contribution in [-0.4, -0.2) is 22.8 Å². The Morgan fingerprint density at radius 2 is 1.55 bits per heavy atom. The van der Waals surface area contributed by atoms with Crippen LogP contribution < -0.4 is 10.1 Å². The minimum atomic E-state index is -0.593. The lowest BCUT2D eigenvalue weighted by Gasteiger charge is -2.16. The van der Waals surface area contributed by atoms with Crippen LogP contribution in [0.3, 0.4) is 0 Å². The van der Waals surface area contributed by atoms with Crippen LogP contribution in [-0.2, 0) is 16.1 Å². The van der Waals surface area contributed by atoms with Gasteiger partial charge in [-0.15, -0.1) is 0 Å². The highest BCUT2D eigenvalue weighted by Crippen LogP contribution is 2.32. The number of amides is 2. The third kappa shape index (κ3) is 4.77. The van der Waals surface area contributed by atoms with E-state index < -0.39 is 23.4 Å². The summed E-state index contributed by atoms with van der Waals surface area (Å²) in [7, 11) is 0. The van der Waals surface area contributed by atoms with Crippen molar-refractivity contribution in [3.63, 3.8) is 0 Å². The first kappa shape index (κ1) is 22.2. The summed E-state index contributed by atoms with van der Waals surface area (Å²) >= 11 is 0. The van der Waals surface area contributed by atoms with Gasteiger partial charge in [-0.3, -0.25) is 14.5 Å². The zero-order chi connectivity index (χ0) is 23.5. The fourth-order valence-electron chi connectivity index (χ4n) is 3.55. The fraction of sp³-hybridized carbons (Fsp3) is 0.154. The van der Waals surface area contributed by atoms with Crippen molar-refractivity contribution in [3.8, 4) is 5.75 Å². The number of carbonyl (C=O) groups is 2. The van der Waals surface area contributed by atoms with Crippen LogP contribution in [0.4, 0.5) is 14.5 Å². The molecule has 0 saturated carbocycles. The Bertz CT molecular complexity index is 1220. The number of halogens is 2. The number of carbonyl (C=O) groups excluding carboxylic acids is 2. The van der Waals surface area contributed by atoms with Crippen molar-refractivity contribution < 1.29 is 23.1 Å². The predicted octanol–water partition coefficient (Wildman–Crippen LogP) is 5.14. The monoisotopic (exact) mass is 448 g/mol. The summed E-state index contributed by atoms with van der Waals surface area (Å²) in [5.41, 5.74) is 1.30. The average molecular weight is 448 g/mol. The van der Waals surface area contributed by atoms with Gasteiger partial charge in [0.05, 0.1) is 18.2 Å². The highest BCUT2D eigenvalue weighted by molar-refractivity contribution is 6.36. The normalized spacial score (nSPS) is 13.8. The summed E-state index contributed by atoms with van der Waals surface area (Å²) < 4.78 is 33.3. The van der Waals surface area contributed by atoms with Crippen LogP contribution in [0, 0.1) is 11.6 Å². The van der Waals surface area contributed by atoms with Crippen LogP contribution >= 0.6 is 0 Å². The molecule has 168 valence electrons. The third-order valence-electron chi connectivity index (χ3n) is 5.08. The first-order valence-corrected chi connectivity index (χ1v) is 10.5. The second-order valence-electron chi connectivity index (χ2n) is 7.86. The Balaban J connectivity index is 1.69. The molecule has 2 amide bonds. The van der Waals surface area contributed by atoms with Crippen molar-refractivity contribution in [2.45, 2.75) is 26.5 Å². The molecule has 0 unspecified atom stereocenters. The number of anilines is 1. The molecule has 5 nitrogen and oxygen atoms in total. The highest BCUT2D eigenvalue weighted by Gasteiger charge is 2.39. The smallest absolute Gasteiger partial charge is 0.278 e. The molecule has 1 heterocycles. The molecule has 3 aromatic carbocycles. The molecule has 3 aromatic rings. The predicted molar refractivity (Wildman–Crippen MR) is 121 cm³/mol. The summed E-state index contributed by atoms with van der Waals surface area (Å²) in [4.78, 5) is 27.5. The van der Waals surface area contributed by atoms with E-state index in [1.807, 2.05) is 13.8 Å². The minimum Gasteiger partial charge on any atom is -0.491 e. The standard InChI is InChI=1S/C26H22F2N2O3/c1-16(2)33-21-13-11-20(12-14-21)29-24-23(17-7-9-19(27)10-8-17)25(31)30(26(24)32)15-18-5-3-4-6-22(18)28/h3-14,16,29H,15H2,1-2H3. The van der Waals surface area contributed by atoms with E-state index in [0.717, 1.165) is 4.90 Å². The molecule has 0 bridgehead atoms. The number of nitrogens with one attached hydrogen (secondary N) is 1. The molecule has 4 rings (SSSR count). The van der Waals surface area contributed by atoms with E-state index in [9.17, 15) is 18.4 Å². The average Bonchev–Trinajstić information content (AvgIpc) is 3.01. The quantitative estimate of drug-likeness (QED) is 0.509. The molecule has 0 radical (unpaired) electrons. The molecule has 0 aromatic heterocycles. The summed E-state index contributed by atoms with van der Waals surface area (Å²) in [6.45, 7) is 3.61. The maximum absolute atomic E-state index is 14.2. The highest BCUT2D eigenvalue weighted by atomic mass is 19.1. The van der Waals surface area contributed by atoms with E-state index in [2.05, 4.69) is 5.32 Å². The van der Waals surface area contributed by atoms with Crippen LogP contribution in [0.5, 0.6) is 5.75 Å². The van der Waals surface area contributed by atoms with Crippen LogP contribution in [0.1, 0.15) is 25.0 Å². The van der Waals surface area contributed by atoms with Crippen molar-refractivity contribution in [1.82, 2.24) is 4.90 Å². The van der Waals surface area contributed by atoms with Gasteiger partial charge in [0.2, 0.25) is 0 Å². The Labute approximate surface area is 190 Å². The molecule has 0 atom stereocenters. The summed E-state index contributed by atoms with van der Waals surface area (Å²) in [6, 6.07) is 18.2. The van der Waals surface area contributed by atoms with Gasteiger partial charge in [0.15, 0.2) is 0 Å². The fourth-order valence-corrected chi connectivity index (χ4v) is 3.55. The van der Waals surface area contributed by atoms with Gasteiger partial charge in [-0.2, -0.15) is 0 Å². The molecule has 0 saturated heterocycles. The minimum absolute atomic E-state index is 0.0116. The van der Waals surface area contributed by atoms with Crippen LogP contribution in [0.2, 0.25) is 0 Å². The number of hydrogen-bond acceptors (Lipinski definition) is 4. The van der Waals surface area contributed by atoms with Crippen molar-refractivity contribution in [1.29, 1.82) is 0 Å². The zero-order valence-corrected chi connectivity index (χ0v) is 18.1. The topological polar surface area (TPSA) is 58.6 Å². The van der Waals surface area contributed by atoms with Gasteiger partial charge in [0, 0.05) is 11.3 Å². The lowest BCUT2D eigenvalue weighted by atomic mass is 10.0. The molecule has 7 heteroatoms. The van der Waals surface area contributed by atoms with Crippen LogP contribution in [0.25, 0.3) is 5.57 Å². The molecule has 0 fully saturated rings. The van der Waals surface area contributed by atoms with E-state index in [-0.39, 0.29) is 29.5 Å². The van der Waals surface area contributed by atoms with Gasteiger partial charge in [-0.1, -0.05) is 30.3 Å².